The Hall–Kier alpha value is -0.270. The Morgan fingerprint density at radius 2 is 2.00 bits per heavy atom. The molecular formula is C8H17F2NO3S. The zero-order chi connectivity index (χ0) is 12.1. The third kappa shape index (κ3) is 3.35. The number of hydrogen-bond donors (Lipinski definition) is 1. The molecule has 1 heterocycles. The Bertz CT molecular complexity index is 269. The highest BCUT2D eigenvalue weighted by Gasteiger charge is 2.39. The Labute approximate surface area is 88.9 Å². The van der Waals surface area contributed by atoms with Gasteiger partial charge in [0.1, 0.15) is 0 Å². The summed E-state index contributed by atoms with van der Waals surface area (Å²) in [6.45, 7) is 3.68. The van der Waals surface area contributed by atoms with Crippen LogP contribution >= 0.6 is 0 Å². The first-order valence-electron chi connectivity index (χ1n) is 4.90. The average molecular weight is 245 g/mol. The molecular weight excluding hydrogens is 228 g/mol. The summed E-state index contributed by atoms with van der Waals surface area (Å²) in [4.78, 5) is 0. The molecule has 0 unspecified atom stereocenters. The fourth-order valence-corrected chi connectivity index (χ4v) is 2.60. The van der Waals surface area contributed by atoms with E-state index in [0.717, 1.165) is 0 Å². The van der Waals surface area contributed by atoms with Crippen LogP contribution in [0.15, 0.2) is 0 Å². The van der Waals surface area contributed by atoms with E-state index >= 15 is 0 Å². The van der Waals surface area contributed by atoms with Crippen LogP contribution in [0.25, 0.3) is 0 Å². The Morgan fingerprint density at radius 1 is 1.47 bits per heavy atom. The first-order valence-corrected chi connectivity index (χ1v) is 6.40. The lowest BCUT2D eigenvalue weighted by Crippen LogP contribution is -2.40. The van der Waals surface area contributed by atoms with Crippen LogP contribution in [0, 0.1) is 0 Å². The van der Waals surface area contributed by atoms with Crippen LogP contribution in [-0.4, -0.2) is 42.8 Å². The molecule has 1 saturated heterocycles. The maximum absolute atomic E-state index is 12.1. The van der Waals surface area contributed by atoms with Crippen LogP contribution in [0.3, 0.4) is 0 Å². The van der Waals surface area contributed by atoms with Gasteiger partial charge in [0.2, 0.25) is 0 Å². The van der Waals surface area contributed by atoms with Crippen molar-refractivity contribution in [3.63, 3.8) is 0 Å². The van der Waals surface area contributed by atoms with Gasteiger partial charge in [0, 0.05) is 12.6 Å². The average Bonchev–Trinajstić information content (AvgIpc) is 2.68. The molecule has 7 heteroatoms. The molecule has 92 valence electrons. The summed E-state index contributed by atoms with van der Waals surface area (Å²) in [6.07, 6.45) is 0.972. The largest absolute Gasteiger partial charge is 0.395 e. The third-order valence-corrected chi connectivity index (χ3v) is 3.67. The van der Waals surface area contributed by atoms with Gasteiger partial charge in [0.25, 0.3) is 10.0 Å². The molecule has 4 nitrogen and oxygen atoms in total. The number of nitrogens with zero attached hydrogens (tertiary/aromatic N) is 1. The fraction of sp³-hybridized carbons (Fsp3) is 1.00. The summed E-state index contributed by atoms with van der Waals surface area (Å²) < 4.78 is 46.8. The summed E-state index contributed by atoms with van der Waals surface area (Å²) in [5.41, 5.74) is 0. The Kier molecular flexibility index (Phi) is 6.23. The van der Waals surface area contributed by atoms with Gasteiger partial charge in [0.15, 0.2) is 0 Å². The SMILES string of the molecule is CC.O=S(=O)(C(F)F)N1CCC[C@@H]1CO. The predicted molar refractivity (Wildman–Crippen MR) is 53.1 cm³/mol. The minimum Gasteiger partial charge on any atom is -0.395 e. The Morgan fingerprint density at radius 3 is 2.40 bits per heavy atom. The van der Waals surface area contributed by atoms with E-state index in [-0.39, 0.29) is 6.54 Å². The highest BCUT2D eigenvalue weighted by Crippen LogP contribution is 2.23. The highest BCUT2D eigenvalue weighted by atomic mass is 32.2. The first-order chi connectivity index (χ1) is 7.00. The van der Waals surface area contributed by atoms with E-state index in [1.807, 2.05) is 13.8 Å². The number of rotatable bonds is 3. The van der Waals surface area contributed by atoms with E-state index in [9.17, 15) is 17.2 Å². The summed E-state index contributed by atoms with van der Waals surface area (Å²) in [5, 5.41) is 8.73. The second kappa shape index (κ2) is 6.34. The molecule has 0 aromatic heterocycles. The van der Waals surface area contributed by atoms with Gasteiger partial charge in [-0.1, -0.05) is 13.8 Å². The second-order valence-electron chi connectivity index (χ2n) is 2.89. The van der Waals surface area contributed by atoms with Crippen LogP contribution in [0.2, 0.25) is 0 Å². The van der Waals surface area contributed by atoms with Crippen molar-refractivity contribution in [2.75, 3.05) is 13.2 Å². The lowest BCUT2D eigenvalue weighted by molar-refractivity contribution is 0.188. The normalized spacial score (nSPS) is 22.7. The first kappa shape index (κ1) is 14.7. The Balaban J connectivity index is 0.000000921. The number of halogens is 2. The van der Waals surface area contributed by atoms with Crippen molar-refractivity contribution < 1.29 is 22.3 Å². The summed E-state index contributed by atoms with van der Waals surface area (Å²) >= 11 is 0. The third-order valence-electron chi connectivity index (χ3n) is 2.09. The van der Waals surface area contributed by atoms with Gasteiger partial charge in [0.05, 0.1) is 6.61 Å². The van der Waals surface area contributed by atoms with Gasteiger partial charge in [-0.2, -0.15) is 13.1 Å². The number of aliphatic hydroxyl groups excluding tert-OH is 1. The maximum atomic E-state index is 12.1. The fourth-order valence-electron chi connectivity index (χ4n) is 1.43. The molecule has 0 aromatic carbocycles. The van der Waals surface area contributed by atoms with Crippen molar-refractivity contribution in [2.45, 2.75) is 38.5 Å². The van der Waals surface area contributed by atoms with Crippen molar-refractivity contribution in [3.8, 4) is 0 Å². The molecule has 0 bridgehead atoms. The van der Waals surface area contributed by atoms with E-state index in [2.05, 4.69) is 0 Å². The minimum atomic E-state index is -4.50. The number of sulfonamides is 1. The maximum Gasteiger partial charge on any atom is 0.350 e. The molecule has 0 amide bonds. The van der Waals surface area contributed by atoms with E-state index in [1.54, 1.807) is 0 Å². The molecule has 1 aliphatic heterocycles. The van der Waals surface area contributed by atoms with Gasteiger partial charge in [-0.25, -0.2) is 8.42 Å². The summed E-state index contributed by atoms with van der Waals surface area (Å²) in [7, 11) is -4.50. The lowest BCUT2D eigenvalue weighted by atomic mass is 10.2. The molecule has 1 rings (SSSR count). The van der Waals surface area contributed by atoms with Gasteiger partial charge >= 0.3 is 5.76 Å². The zero-order valence-corrected chi connectivity index (χ0v) is 9.67. The zero-order valence-electron chi connectivity index (χ0n) is 8.86. The molecule has 1 fully saturated rings. The topological polar surface area (TPSA) is 57.6 Å². The summed E-state index contributed by atoms with van der Waals surface area (Å²) in [6, 6.07) is -0.668. The van der Waals surface area contributed by atoms with Gasteiger partial charge in [-0.15, -0.1) is 0 Å². The van der Waals surface area contributed by atoms with E-state index < -0.39 is 28.4 Å². The molecule has 0 aromatic rings. The second-order valence-corrected chi connectivity index (χ2v) is 4.75. The van der Waals surface area contributed by atoms with E-state index in [0.29, 0.717) is 17.1 Å². The molecule has 1 N–H and O–H groups in total. The van der Waals surface area contributed by atoms with Crippen molar-refractivity contribution in [1.82, 2.24) is 4.31 Å². The molecule has 0 saturated carbocycles. The number of hydrogen-bond acceptors (Lipinski definition) is 3. The van der Waals surface area contributed by atoms with Crippen LogP contribution in [0.4, 0.5) is 8.78 Å². The van der Waals surface area contributed by atoms with Crippen molar-refractivity contribution in [1.29, 1.82) is 0 Å². The van der Waals surface area contributed by atoms with E-state index in [4.69, 9.17) is 5.11 Å². The van der Waals surface area contributed by atoms with Crippen LogP contribution in [-0.2, 0) is 10.0 Å². The molecule has 0 aliphatic carbocycles. The number of alkyl halides is 2. The minimum absolute atomic E-state index is 0.0813. The van der Waals surface area contributed by atoms with E-state index in [1.165, 1.54) is 0 Å². The van der Waals surface area contributed by atoms with Crippen LogP contribution in [0.5, 0.6) is 0 Å². The monoisotopic (exact) mass is 245 g/mol. The lowest BCUT2D eigenvalue weighted by Gasteiger charge is -2.21. The molecule has 1 atom stereocenters. The van der Waals surface area contributed by atoms with Crippen molar-refractivity contribution in [2.24, 2.45) is 0 Å². The molecule has 0 radical (unpaired) electrons. The van der Waals surface area contributed by atoms with Gasteiger partial charge in [-0.05, 0) is 12.8 Å². The quantitative estimate of drug-likeness (QED) is 0.807. The molecule has 15 heavy (non-hydrogen) atoms. The smallest absolute Gasteiger partial charge is 0.350 e. The van der Waals surface area contributed by atoms with Gasteiger partial charge < -0.3 is 5.11 Å². The van der Waals surface area contributed by atoms with Crippen LogP contribution < -0.4 is 0 Å². The van der Waals surface area contributed by atoms with Crippen LogP contribution in [0.1, 0.15) is 26.7 Å². The predicted octanol–water partition coefficient (Wildman–Crippen LogP) is 1.02. The highest BCUT2D eigenvalue weighted by molar-refractivity contribution is 7.89. The number of aliphatic hydroxyl groups is 1. The molecule has 0 spiro atoms. The van der Waals surface area contributed by atoms with Crippen molar-refractivity contribution in [3.05, 3.63) is 0 Å². The standard InChI is InChI=1S/C6H11F2NO3S.C2H6/c7-6(8)13(11,12)9-3-1-2-5(9)4-10;1-2/h5-6,10H,1-4H2;1-2H3/t5-;/m1./s1. The summed E-state index contributed by atoms with van der Waals surface area (Å²) in [5.74, 6) is -3.39. The van der Waals surface area contributed by atoms with Gasteiger partial charge in [-0.3, -0.25) is 0 Å². The van der Waals surface area contributed by atoms with Crippen molar-refractivity contribution >= 4 is 10.0 Å². The molecule has 1 aliphatic rings.